The normalized spacial score (nSPS) is 16.7. The van der Waals surface area contributed by atoms with Crippen molar-refractivity contribution < 1.29 is 0 Å². The number of nitrogens with zero attached hydrogens (tertiary/aromatic N) is 1. The fourth-order valence-corrected chi connectivity index (χ4v) is 1.55. The lowest BCUT2D eigenvalue weighted by atomic mass is 10.2. The third-order valence-electron chi connectivity index (χ3n) is 2.10. The van der Waals surface area contributed by atoms with Crippen molar-refractivity contribution in [2.75, 3.05) is 18.6 Å². The Hall–Kier alpha value is -0.960. The number of anilines is 1. The van der Waals surface area contributed by atoms with Gasteiger partial charge in [-0.25, -0.2) is 5.43 Å². The van der Waals surface area contributed by atoms with Crippen molar-refractivity contribution in [1.29, 1.82) is 0 Å². The number of hydrogen-bond donors (Lipinski definition) is 2. The average molecular weight is 151 g/mol. The van der Waals surface area contributed by atoms with Crippen LogP contribution in [-0.4, -0.2) is 18.6 Å². The SMILES string of the molecule is Cc1cc2c([nH]1)CCNN2C. The summed E-state index contributed by atoms with van der Waals surface area (Å²) in [5.41, 5.74) is 7.14. The van der Waals surface area contributed by atoms with Gasteiger partial charge in [-0.1, -0.05) is 0 Å². The zero-order valence-corrected chi connectivity index (χ0v) is 6.94. The molecule has 2 N–H and O–H groups in total. The van der Waals surface area contributed by atoms with Crippen LogP contribution in [-0.2, 0) is 6.42 Å². The smallest absolute Gasteiger partial charge is 0.0726 e. The second-order valence-electron chi connectivity index (χ2n) is 3.03. The lowest BCUT2D eigenvalue weighted by Gasteiger charge is -2.25. The third-order valence-corrected chi connectivity index (χ3v) is 2.10. The summed E-state index contributed by atoms with van der Waals surface area (Å²) in [5, 5.41) is 2.07. The first-order valence-corrected chi connectivity index (χ1v) is 3.93. The van der Waals surface area contributed by atoms with Crippen molar-refractivity contribution in [1.82, 2.24) is 10.4 Å². The number of H-pyrrole nitrogens is 1. The van der Waals surface area contributed by atoms with Crippen LogP contribution in [0.25, 0.3) is 0 Å². The number of nitrogens with one attached hydrogen (secondary N) is 2. The van der Waals surface area contributed by atoms with E-state index in [9.17, 15) is 0 Å². The van der Waals surface area contributed by atoms with E-state index in [0.29, 0.717) is 0 Å². The van der Waals surface area contributed by atoms with Gasteiger partial charge >= 0.3 is 0 Å². The Labute approximate surface area is 66.4 Å². The van der Waals surface area contributed by atoms with Gasteiger partial charge in [0.25, 0.3) is 0 Å². The van der Waals surface area contributed by atoms with Crippen molar-refractivity contribution in [3.8, 4) is 0 Å². The average Bonchev–Trinajstić information content (AvgIpc) is 2.31. The van der Waals surface area contributed by atoms with E-state index in [4.69, 9.17) is 0 Å². The van der Waals surface area contributed by atoms with Crippen LogP contribution in [0.5, 0.6) is 0 Å². The zero-order valence-electron chi connectivity index (χ0n) is 6.94. The molecule has 0 radical (unpaired) electrons. The minimum absolute atomic E-state index is 1.03. The number of hydrogen-bond acceptors (Lipinski definition) is 2. The van der Waals surface area contributed by atoms with Gasteiger partial charge in [-0.15, -0.1) is 0 Å². The summed E-state index contributed by atoms with van der Waals surface area (Å²) >= 11 is 0. The van der Waals surface area contributed by atoms with E-state index in [2.05, 4.69) is 28.4 Å². The highest BCUT2D eigenvalue weighted by molar-refractivity contribution is 5.53. The van der Waals surface area contributed by atoms with E-state index >= 15 is 0 Å². The van der Waals surface area contributed by atoms with Gasteiger partial charge in [0.2, 0.25) is 0 Å². The molecule has 0 bridgehead atoms. The Morgan fingerprint density at radius 3 is 3.09 bits per heavy atom. The van der Waals surface area contributed by atoms with E-state index < -0.39 is 0 Å². The van der Waals surface area contributed by atoms with Crippen molar-refractivity contribution in [3.63, 3.8) is 0 Å². The Kier molecular flexibility index (Phi) is 1.39. The van der Waals surface area contributed by atoms with Crippen molar-refractivity contribution in [3.05, 3.63) is 17.5 Å². The maximum absolute atomic E-state index is 3.35. The lowest BCUT2D eigenvalue weighted by Crippen LogP contribution is -2.39. The Morgan fingerprint density at radius 2 is 2.36 bits per heavy atom. The molecule has 0 unspecified atom stereocenters. The quantitative estimate of drug-likeness (QED) is 0.575. The summed E-state index contributed by atoms with van der Waals surface area (Å²) in [6.45, 7) is 3.12. The van der Waals surface area contributed by atoms with Crippen LogP contribution in [0.4, 0.5) is 5.69 Å². The Bertz CT molecular complexity index is 264. The highest BCUT2D eigenvalue weighted by Crippen LogP contribution is 2.22. The standard InChI is InChI=1S/C8H13N3/c1-6-5-8-7(10-6)3-4-9-11(8)2/h5,9-10H,3-4H2,1-2H3. The molecule has 2 rings (SSSR count). The zero-order chi connectivity index (χ0) is 7.84. The van der Waals surface area contributed by atoms with Gasteiger partial charge in [0.1, 0.15) is 0 Å². The van der Waals surface area contributed by atoms with Crippen LogP contribution in [0, 0.1) is 6.92 Å². The second-order valence-corrected chi connectivity index (χ2v) is 3.03. The molecule has 0 atom stereocenters. The molecule has 1 aliphatic rings. The summed E-state index contributed by atoms with van der Waals surface area (Å²) in [6.07, 6.45) is 1.10. The molecule has 1 aromatic heterocycles. The first kappa shape index (κ1) is 6.73. The Morgan fingerprint density at radius 1 is 1.55 bits per heavy atom. The van der Waals surface area contributed by atoms with Gasteiger partial charge in [0.15, 0.2) is 0 Å². The van der Waals surface area contributed by atoms with Crippen LogP contribution in [0.2, 0.25) is 0 Å². The molecule has 1 aromatic rings. The highest BCUT2D eigenvalue weighted by Gasteiger charge is 2.14. The topological polar surface area (TPSA) is 31.1 Å². The van der Waals surface area contributed by atoms with Crippen LogP contribution < -0.4 is 10.4 Å². The molecule has 0 fully saturated rings. The van der Waals surface area contributed by atoms with E-state index in [-0.39, 0.29) is 0 Å². The molecule has 2 heterocycles. The second kappa shape index (κ2) is 2.27. The van der Waals surface area contributed by atoms with E-state index in [1.807, 2.05) is 7.05 Å². The van der Waals surface area contributed by atoms with Gasteiger partial charge in [0.05, 0.1) is 5.69 Å². The van der Waals surface area contributed by atoms with Crippen LogP contribution >= 0.6 is 0 Å². The van der Waals surface area contributed by atoms with Crippen molar-refractivity contribution in [2.24, 2.45) is 0 Å². The summed E-state index contributed by atoms with van der Waals surface area (Å²) in [7, 11) is 2.05. The molecule has 0 amide bonds. The predicted molar refractivity (Wildman–Crippen MR) is 45.6 cm³/mol. The largest absolute Gasteiger partial charge is 0.361 e. The van der Waals surface area contributed by atoms with Crippen molar-refractivity contribution >= 4 is 5.69 Å². The molecule has 11 heavy (non-hydrogen) atoms. The number of aromatic nitrogens is 1. The summed E-state index contributed by atoms with van der Waals surface area (Å²) in [4.78, 5) is 3.35. The Balaban J connectivity index is 2.43. The van der Waals surface area contributed by atoms with E-state index in [1.54, 1.807) is 0 Å². The molecule has 1 aliphatic heterocycles. The first-order valence-electron chi connectivity index (χ1n) is 3.93. The number of rotatable bonds is 0. The maximum Gasteiger partial charge on any atom is 0.0726 e. The fourth-order valence-electron chi connectivity index (χ4n) is 1.55. The fraction of sp³-hybridized carbons (Fsp3) is 0.500. The van der Waals surface area contributed by atoms with Gasteiger partial charge in [0, 0.05) is 31.4 Å². The summed E-state index contributed by atoms with van der Waals surface area (Å²) < 4.78 is 0. The number of fused-ring (bicyclic) bond motifs is 1. The van der Waals surface area contributed by atoms with Gasteiger partial charge in [-0.2, -0.15) is 0 Å². The number of aryl methyl sites for hydroxylation is 1. The summed E-state index contributed by atoms with van der Waals surface area (Å²) in [5.74, 6) is 0. The minimum Gasteiger partial charge on any atom is -0.361 e. The summed E-state index contributed by atoms with van der Waals surface area (Å²) in [6, 6.07) is 2.17. The molecule has 0 aromatic carbocycles. The molecule has 0 aliphatic carbocycles. The molecule has 3 nitrogen and oxygen atoms in total. The predicted octanol–water partition coefficient (Wildman–Crippen LogP) is 0.820. The number of hydrazine groups is 1. The lowest BCUT2D eigenvalue weighted by molar-refractivity contribution is 0.635. The van der Waals surface area contributed by atoms with Gasteiger partial charge in [-0.3, -0.25) is 0 Å². The minimum atomic E-state index is 1.03. The molecule has 60 valence electrons. The van der Waals surface area contributed by atoms with Crippen LogP contribution in [0.3, 0.4) is 0 Å². The number of aromatic amines is 1. The third kappa shape index (κ3) is 1.01. The monoisotopic (exact) mass is 151 g/mol. The van der Waals surface area contributed by atoms with E-state index in [1.165, 1.54) is 17.1 Å². The van der Waals surface area contributed by atoms with Crippen molar-refractivity contribution in [2.45, 2.75) is 13.3 Å². The first-order chi connectivity index (χ1) is 5.27. The maximum atomic E-state index is 3.35. The molecule has 3 heteroatoms. The molecular formula is C8H13N3. The molecule has 0 saturated heterocycles. The molecule has 0 spiro atoms. The highest BCUT2D eigenvalue weighted by atomic mass is 15.5. The van der Waals surface area contributed by atoms with E-state index in [0.717, 1.165) is 13.0 Å². The van der Waals surface area contributed by atoms with Gasteiger partial charge < -0.3 is 9.99 Å². The van der Waals surface area contributed by atoms with Crippen LogP contribution in [0.15, 0.2) is 6.07 Å². The van der Waals surface area contributed by atoms with Gasteiger partial charge in [-0.05, 0) is 13.0 Å². The van der Waals surface area contributed by atoms with Crippen LogP contribution in [0.1, 0.15) is 11.4 Å². The molecule has 0 saturated carbocycles. The molecular weight excluding hydrogens is 138 g/mol.